The summed E-state index contributed by atoms with van der Waals surface area (Å²) in [4.78, 5) is 11.6. The van der Waals surface area contributed by atoms with Crippen LogP contribution in [0.2, 0.25) is 0 Å². The van der Waals surface area contributed by atoms with Gasteiger partial charge in [-0.2, -0.15) is 5.26 Å². The lowest BCUT2D eigenvalue weighted by molar-refractivity contribution is 0.101. The first-order valence-electron chi connectivity index (χ1n) is 8.52. The van der Waals surface area contributed by atoms with E-state index in [0.29, 0.717) is 17.7 Å². The molecule has 2 aromatic rings. The van der Waals surface area contributed by atoms with Crippen LogP contribution in [0.1, 0.15) is 47.7 Å². The molecular weight excluding hydrogens is 312 g/mol. The van der Waals surface area contributed by atoms with Crippen LogP contribution in [0, 0.1) is 11.3 Å². The first-order valence-corrected chi connectivity index (χ1v) is 8.52. The molecular formula is C21H22N2O2. The standard InChI is InChI=1S/C21H22N2O2/c1-15(24)16-8-9-17(13-22)19(12-16)23-14-21(10-5-11-21)18-6-3-4-7-20(18)25-2/h3-4,6-9,12,23H,5,10-11,14H2,1-2H3. The lowest BCUT2D eigenvalue weighted by Crippen LogP contribution is -2.41. The molecule has 0 unspecified atom stereocenters. The Labute approximate surface area is 148 Å². The maximum atomic E-state index is 11.6. The van der Waals surface area contributed by atoms with E-state index in [1.807, 2.05) is 18.2 Å². The van der Waals surface area contributed by atoms with Gasteiger partial charge in [-0.05, 0) is 44.0 Å². The van der Waals surface area contributed by atoms with E-state index in [1.54, 1.807) is 25.3 Å². The van der Waals surface area contributed by atoms with Gasteiger partial charge in [-0.1, -0.05) is 24.6 Å². The normalized spacial score (nSPS) is 14.9. The number of anilines is 1. The molecule has 4 nitrogen and oxygen atoms in total. The smallest absolute Gasteiger partial charge is 0.159 e. The van der Waals surface area contributed by atoms with Gasteiger partial charge in [0.05, 0.1) is 18.4 Å². The van der Waals surface area contributed by atoms with Gasteiger partial charge in [0, 0.05) is 23.1 Å². The largest absolute Gasteiger partial charge is 0.496 e. The van der Waals surface area contributed by atoms with E-state index in [-0.39, 0.29) is 11.2 Å². The molecule has 0 bridgehead atoms. The molecule has 1 fully saturated rings. The fourth-order valence-corrected chi connectivity index (χ4v) is 3.50. The van der Waals surface area contributed by atoms with Crippen molar-refractivity contribution in [1.29, 1.82) is 5.26 Å². The fourth-order valence-electron chi connectivity index (χ4n) is 3.50. The number of nitrogens with one attached hydrogen (secondary N) is 1. The maximum absolute atomic E-state index is 11.6. The van der Waals surface area contributed by atoms with Crippen LogP contribution < -0.4 is 10.1 Å². The Morgan fingerprint density at radius 1 is 1.28 bits per heavy atom. The predicted molar refractivity (Wildman–Crippen MR) is 98.2 cm³/mol. The van der Waals surface area contributed by atoms with Crippen LogP contribution in [0.3, 0.4) is 0 Å². The molecule has 4 heteroatoms. The Kier molecular flexibility index (Phi) is 4.76. The molecule has 128 valence electrons. The van der Waals surface area contributed by atoms with Crippen LogP contribution in [-0.2, 0) is 5.41 Å². The number of carbonyl (C=O) groups is 1. The highest BCUT2D eigenvalue weighted by molar-refractivity contribution is 5.95. The average Bonchev–Trinajstić information content (AvgIpc) is 2.61. The van der Waals surface area contributed by atoms with Crippen molar-refractivity contribution in [2.75, 3.05) is 19.0 Å². The maximum Gasteiger partial charge on any atom is 0.159 e. The van der Waals surface area contributed by atoms with Crippen LogP contribution in [0.4, 0.5) is 5.69 Å². The molecule has 0 aromatic heterocycles. The zero-order valence-corrected chi connectivity index (χ0v) is 14.6. The minimum absolute atomic E-state index is 0.00405. The van der Waals surface area contributed by atoms with Crippen molar-refractivity contribution in [3.63, 3.8) is 0 Å². The van der Waals surface area contributed by atoms with E-state index in [0.717, 1.165) is 24.3 Å². The van der Waals surface area contributed by atoms with E-state index < -0.39 is 0 Å². The summed E-state index contributed by atoms with van der Waals surface area (Å²) in [7, 11) is 1.70. The third-order valence-corrected chi connectivity index (χ3v) is 5.15. The third-order valence-electron chi connectivity index (χ3n) is 5.15. The summed E-state index contributed by atoms with van der Waals surface area (Å²) < 4.78 is 5.55. The van der Waals surface area contributed by atoms with Gasteiger partial charge in [-0.15, -0.1) is 0 Å². The Bertz CT molecular complexity index is 832. The number of nitriles is 1. The first kappa shape index (κ1) is 17.0. The van der Waals surface area contributed by atoms with E-state index in [4.69, 9.17) is 4.74 Å². The molecule has 1 aliphatic carbocycles. The zero-order chi connectivity index (χ0) is 17.9. The number of methoxy groups -OCH3 is 1. The van der Waals surface area contributed by atoms with E-state index in [1.165, 1.54) is 18.9 Å². The van der Waals surface area contributed by atoms with E-state index in [2.05, 4.69) is 17.5 Å². The molecule has 1 aliphatic rings. The monoisotopic (exact) mass is 334 g/mol. The van der Waals surface area contributed by atoms with E-state index in [9.17, 15) is 10.1 Å². The van der Waals surface area contributed by atoms with Gasteiger partial charge < -0.3 is 10.1 Å². The number of para-hydroxylation sites is 1. The minimum Gasteiger partial charge on any atom is -0.496 e. The molecule has 2 aromatic carbocycles. The summed E-state index contributed by atoms with van der Waals surface area (Å²) in [5, 5.41) is 12.8. The summed E-state index contributed by atoms with van der Waals surface area (Å²) in [5.74, 6) is 0.901. The number of hydrogen-bond acceptors (Lipinski definition) is 4. The fraction of sp³-hybridized carbons (Fsp3) is 0.333. The molecule has 1 saturated carbocycles. The van der Waals surface area contributed by atoms with Crippen molar-refractivity contribution in [1.82, 2.24) is 0 Å². The Balaban J connectivity index is 1.88. The van der Waals surface area contributed by atoms with Crippen LogP contribution in [0.15, 0.2) is 42.5 Å². The van der Waals surface area contributed by atoms with Crippen LogP contribution in [0.25, 0.3) is 0 Å². The summed E-state index contributed by atoms with van der Waals surface area (Å²) in [6.45, 7) is 2.25. The number of rotatable bonds is 6. The van der Waals surface area contributed by atoms with Crippen molar-refractivity contribution < 1.29 is 9.53 Å². The van der Waals surface area contributed by atoms with Crippen LogP contribution in [-0.4, -0.2) is 19.4 Å². The molecule has 0 saturated heterocycles. The molecule has 0 spiro atoms. The van der Waals surface area contributed by atoms with E-state index >= 15 is 0 Å². The number of benzene rings is 2. The summed E-state index contributed by atoms with van der Waals surface area (Å²) in [6.07, 6.45) is 3.33. The van der Waals surface area contributed by atoms with Gasteiger partial charge in [0.25, 0.3) is 0 Å². The number of ether oxygens (including phenoxy) is 1. The lowest BCUT2D eigenvalue weighted by atomic mass is 9.64. The Morgan fingerprint density at radius 2 is 2.04 bits per heavy atom. The Hall–Kier alpha value is -2.80. The zero-order valence-electron chi connectivity index (χ0n) is 14.6. The average molecular weight is 334 g/mol. The summed E-state index contributed by atoms with van der Waals surface area (Å²) in [5.41, 5.74) is 3.10. The summed E-state index contributed by atoms with van der Waals surface area (Å²) >= 11 is 0. The highest BCUT2D eigenvalue weighted by atomic mass is 16.5. The number of Topliss-reactive ketones (excluding diaryl/α,β-unsaturated/α-hetero) is 1. The van der Waals surface area contributed by atoms with Crippen molar-refractivity contribution in [3.8, 4) is 11.8 Å². The van der Waals surface area contributed by atoms with Gasteiger partial charge in [-0.25, -0.2) is 0 Å². The van der Waals surface area contributed by atoms with Gasteiger partial charge in [0.2, 0.25) is 0 Å². The van der Waals surface area contributed by atoms with Crippen molar-refractivity contribution >= 4 is 11.5 Å². The topological polar surface area (TPSA) is 62.1 Å². The molecule has 0 heterocycles. The second-order valence-electron chi connectivity index (χ2n) is 6.62. The van der Waals surface area contributed by atoms with Gasteiger partial charge in [-0.3, -0.25) is 4.79 Å². The predicted octanol–water partition coefficient (Wildman–Crippen LogP) is 4.30. The van der Waals surface area contributed by atoms with Gasteiger partial charge in [0.15, 0.2) is 5.78 Å². The quantitative estimate of drug-likeness (QED) is 0.800. The third kappa shape index (κ3) is 3.23. The highest BCUT2D eigenvalue weighted by Gasteiger charge is 2.40. The molecule has 0 aliphatic heterocycles. The minimum atomic E-state index is -0.00405. The molecule has 25 heavy (non-hydrogen) atoms. The number of nitrogens with zero attached hydrogens (tertiary/aromatic N) is 1. The molecule has 0 radical (unpaired) electrons. The summed E-state index contributed by atoms with van der Waals surface area (Å²) in [6, 6.07) is 15.5. The van der Waals surface area contributed by atoms with Crippen LogP contribution in [0.5, 0.6) is 5.75 Å². The van der Waals surface area contributed by atoms with Crippen LogP contribution >= 0.6 is 0 Å². The van der Waals surface area contributed by atoms with Crippen molar-refractivity contribution in [3.05, 3.63) is 59.2 Å². The number of ketones is 1. The van der Waals surface area contributed by atoms with Gasteiger partial charge >= 0.3 is 0 Å². The number of carbonyl (C=O) groups excluding carboxylic acids is 1. The highest BCUT2D eigenvalue weighted by Crippen LogP contribution is 2.47. The molecule has 0 atom stereocenters. The Morgan fingerprint density at radius 3 is 2.64 bits per heavy atom. The van der Waals surface area contributed by atoms with Crippen molar-refractivity contribution in [2.24, 2.45) is 0 Å². The molecule has 3 rings (SSSR count). The van der Waals surface area contributed by atoms with Gasteiger partial charge in [0.1, 0.15) is 11.8 Å². The molecule has 0 amide bonds. The number of hydrogen-bond donors (Lipinski definition) is 1. The first-order chi connectivity index (χ1) is 12.1. The SMILES string of the molecule is COc1ccccc1C1(CNc2cc(C(C)=O)ccc2C#N)CCC1. The lowest BCUT2D eigenvalue weighted by Gasteiger charge is -2.43. The second-order valence-corrected chi connectivity index (χ2v) is 6.62. The van der Waals surface area contributed by atoms with Crippen molar-refractivity contribution in [2.45, 2.75) is 31.6 Å². The molecule has 1 N–H and O–H groups in total. The second kappa shape index (κ2) is 6.98.